The van der Waals surface area contributed by atoms with E-state index in [1.165, 1.54) is 0 Å². The monoisotopic (exact) mass is 437 g/mol. The topological polar surface area (TPSA) is 41.5 Å². The minimum Gasteiger partial charge on any atom is -0.488 e. The van der Waals surface area contributed by atoms with Crippen LogP contribution in [0.25, 0.3) is 0 Å². The number of ether oxygens (including phenoxy) is 1. The summed E-state index contributed by atoms with van der Waals surface area (Å²) in [6.45, 7) is 0.488. The van der Waals surface area contributed by atoms with E-state index >= 15 is 0 Å². The number of para-hydroxylation sites is 2. The Hall–Kier alpha value is -0.690. The Labute approximate surface area is 147 Å². The highest BCUT2D eigenvalue weighted by molar-refractivity contribution is 14.1. The molecular formula is C15H14Cl2INO2. The van der Waals surface area contributed by atoms with Crippen molar-refractivity contribution in [3.8, 4) is 5.75 Å². The Morgan fingerprint density at radius 1 is 1.10 bits per heavy atom. The fraction of sp³-hybridized carbons (Fsp3) is 0.200. The molecule has 2 N–H and O–H groups in total. The molecule has 0 aliphatic rings. The smallest absolute Gasteiger partial charge is 0.156 e. The van der Waals surface area contributed by atoms with E-state index in [9.17, 15) is 5.11 Å². The van der Waals surface area contributed by atoms with Crippen molar-refractivity contribution < 1.29 is 9.84 Å². The Bertz CT molecular complexity index is 590. The van der Waals surface area contributed by atoms with Crippen LogP contribution in [0.1, 0.15) is 0 Å². The maximum absolute atomic E-state index is 9.97. The Morgan fingerprint density at radius 3 is 2.43 bits per heavy atom. The lowest BCUT2D eigenvalue weighted by Crippen LogP contribution is -2.26. The number of aliphatic hydroxyl groups is 1. The number of hydrogen-bond acceptors (Lipinski definition) is 3. The van der Waals surface area contributed by atoms with Crippen molar-refractivity contribution in [1.82, 2.24) is 0 Å². The number of hydrogen-bond donors (Lipinski definition) is 2. The van der Waals surface area contributed by atoms with Crippen LogP contribution in [0, 0.1) is 3.57 Å². The molecule has 0 bridgehead atoms. The number of anilines is 1. The van der Waals surface area contributed by atoms with Crippen LogP contribution in [-0.4, -0.2) is 24.4 Å². The first-order chi connectivity index (χ1) is 10.1. The van der Waals surface area contributed by atoms with Gasteiger partial charge in [0.05, 0.1) is 10.0 Å². The van der Waals surface area contributed by atoms with Gasteiger partial charge in [-0.1, -0.05) is 41.4 Å². The van der Waals surface area contributed by atoms with E-state index in [-0.39, 0.29) is 6.61 Å². The Balaban J connectivity index is 1.85. The molecule has 2 aromatic rings. The van der Waals surface area contributed by atoms with Gasteiger partial charge in [-0.2, -0.15) is 0 Å². The second-order valence-electron chi connectivity index (χ2n) is 4.38. The van der Waals surface area contributed by atoms with Crippen molar-refractivity contribution in [1.29, 1.82) is 0 Å². The molecule has 0 aliphatic carbocycles. The summed E-state index contributed by atoms with van der Waals surface area (Å²) in [6, 6.07) is 13.0. The largest absolute Gasteiger partial charge is 0.488 e. The fourth-order valence-corrected chi connectivity index (χ4v) is 2.78. The molecule has 0 saturated carbocycles. The number of halogens is 3. The average molecular weight is 438 g/mol. The summed E-state index contributed by atoms with van der Waals surface area (Å²) in [7, 11) is 0. The van der Waals surface area contributed by atoms with E-state index in [1.54, 1.807) is 18.2 Å². The summed E-state index contributed by atoms with van der Waals surface area (Å²) < 4.78 is 6.59. The van der Waals surface area contributed by atoms with Gasteiger partial charge in [0, 0.05) is 15.8 Å². The Kier molecular flexibility index (Phi) is 6.41. The normalized spacial score (nSPS) is 12.0. The van der Waals surface area contributed by atoms with Gasteiger partial charge in [0.2, 0.25) is 0 Å². The van der Waals surface area contributed by atoms with Crippen molar-refractivity contribution in [2.45, 2.75) is 6.10 Å². The molecule has 3 nitrogen and oxygen atoms in total. The summed E-state index contributed by atoms with van der Waals surface area (Å²) in [6.07, 6.45) is -0.673. The lowest BCUT2D eigenvalue weighted by molar-refractivity contribution is 0.117. The van der Waals surface area contributed by atoms with Gasteiger partial charge >= 0.3 is 0 Å². The van der Waals surface area contributed by atoms with Crippen molar-refractivity contribution in [3.05, 3.63) is 56.1 Å². The van der Waals surface area contributed by atoms with Gasteiger partial charge in [-0.25, -0.2) is 0 Å². The highest BCUT2D eigenvalue weighted by atomic mass is 127. The van der Waals surface area contributed by atoms with Crippen molar-refractivity contribution in [2.75, 3.05) is 18.5 Å². The van der Waals surface area contributed by atoms with Crippen molar-refractivity contribution in [3.63, 3.8) is 0 Å². The number of rotatable bonds is 6. The zero-order valence-electron chi connectivity index (χ0n) is 11.0. The first-order valence-electron chi connectivity index (χ1n) is 6.31. The first kappa shape index (κ1) is 16.7. The van der Waals surface area contributed by atoms with E-state index in [0.717, 1.165) is 9.26 Å². The molecule has 21 heavy (non-hydrogen) atoms. The number of aliphatic hydroxyl groups excluding tert-OH is 1. The summed E-state index contributed by atoms with van der Waals surface area (Å²) >= 11 is 14.2. The van der Waals surface area contributed by atoms with Gasteiger partial charge in [0.1, 0.15) is 12.7 Å². The molecule has 112 valence electrons. The van der Waals surface area contributed by atoms with Crippen LogP contribution in [0.2, 0.25) is 10.0 Å². The predicted octanol–water partition coefficient (Wildman–Crippen LogP) is 4.45. The molecule has 0 spiro atoms. The zero-order valence-corrected chi connectivity index (χ0v) is 14.7. The minimum atomic E-state index is -0.673. The highest BCUT2D eigenvalue weighted by Crippen LogP contribution is 2.32. The second kappa shape index (κ2) is 8.08. The van der Waals surface area contributed by atoms with Gasteiger partial charge in [0.25, 0.3) is 0 Å². The standard InChI is InChI=1S/C15H14Cl2INO2/c16-11-4-3-5-12(17)15(11)21-9-10(20)8-19-14-7-2-1-6-13(14)18/h1-7,10,19-20H,8-9H2. The third kappa shape index (κ3) is 4.92. The van der Waals surface area contributed by atoms with Gasteiger partial charge in [-0.15, -0.1) is 0 Å². The lowest BCUT2D eigenvalue weighted by atomic mass is 10.3. The van der Waals surface area contributed by atoms with Crippen LogP contribution < -0.4 is 10.1 Å². The molecule has 6 heteroatoms. The SMILES string of the molecule is OC(CNc1ccccc1I)COc1c(Cl)cccc1Cl. The molecule has 0 saturated heterocycles. The van der Waals surface area contributed by atoms with Crippen LogP contribution in [0.3, 0.4) is 0 Å². The van der Waals surface area contributed by atoms with E-state index in [0.29, 0.717) is 22.3 Å². The predicted molar refractivity (Wildman–Crippen MR) is 95.6 cm³/mol. The maximum Gasteiger partial charge on any atom is 0.156 e. The molecule has 1 unspecified atom stereocenters. The summed E-state index contributed by atoms with van der Waals surface area (Å²) in [4.78, 5) is 0. The van der Waals surface area contributed by atoms with Crippen LogP contribution in [0.4, 0.5) is 5.69 Å². The zero-order chi connectivity index (χ0) is 15.2. The average Bonchev–Trinajstić information content (AvgIpc) is 2.46. The van der Waals surface area contributed by atoms with Crippen molar-refractivity contribution in [2.24, 2.45) is 0 Å². The number of nitrogens with one attached hydrogen (secondary N) is 1. The molecule has 2 rings (SSSR count). The third-order valence-electron chi connectivity index (χ3n) is 2.74. The van der Waals surface area contributed by atoms with Crippen LogP contribution >= 0.6 is 45.8 Å². The third-order valence-corrected chi connectivity index (χ3v) is 4.28. The molecule has 0 radical (unpaired) electrons. The number of benzene rings is 2. The van der Waals surface area contributed by atoms with E-state index < -0.39 is 6.10 Å². The molecule has 0 aromatic heterocycles. The maximum atomic E-state index is 9.97. The van der Waals surface area contributed by atoms with Gasteiger partial charge in [-0.05, 0) is 46.9 Å². The molecule has 0 fully saturated rings. The lowest BCUT2D eigenvalue weighted by Gasteiger charge is -2.16. The Morgan fingerprint density at radius 2 is 1.76 bits per heavy atom. The highest BCUT2D eigenvalue weighted by Gasteiger charge is 2.10. The second-order valence-corrected chi connectivity index (χ2v) is 6.35. The summed E-state index contributed by atoms with van der Waals surface area (Å²) in [5, 5.41) is 14.0. The first-order valence-corrected chi connectivity index (χ1v) is 8.14. The summed E-state index contributed by atoms with van der Waals surface area (Å²) in [5.74, 6) is 0.397. The van der Waals surface area contributed by atoms with Crippen LogP contribution in [-0.2, 0) is 0 Å². The van der Waals surface area contributed by atoms with Gasteiger partial charge in [0.15, 0.2) is 5.75 Å². The van der Waals surface area contributed by atoms with E-state index in [2.05, 4.69) is 27.9 Å². The molecular weight excluding hydrogens is 424 g/mol. The van der Waals surface area contributed by atoms with Crippen LogP contribution in [0.5, 0.6) is 5.75 Å². The van der Waals surface area contributed by atoms with Gasteiger partial charge < -0.3 is 15.2 Å². The van der Waals surface area contributed by atoms with Crippen LogP contribution in [0.15, 0.2) is 42.5 Å². The fourth-order valence-electron chi connectivity index (χ4n) is 1.69. The summed E-state index contributed by atoms with van der Waals surface area (Å²) in [5.41, 5.74) is 0.980. The molecule has 0 aliphatic heterocycles. The van der Waals surface area contributed by atoms with Crippen molar-refractivity contribution >= 4 is 51.5 Å². The molecule has 0 heterocycles. The molecule has 2 aromatic carbocycles. The van der Waals surface area contributed by atoms with E-state index in [4.69, 9.17) is 27.9 Å². The molecule has 0 amide bonds. The minimum absolute atomic E-state index is 0.111. The molecule has 1 atom stereocenters. The quantitative estimate of drug-likeness (QED) is 0.656. The van der Waals surface area contributed by atoms with Gasteiger partial charge in [-0.3, -0.25) is 0 Å². The van der Waals surface area contributed by atoms with E-state index in [1.807, 2.05) is 24.3 Å².